The third-order valence-electron chi connectivity index (χ3n) is 1.43. The molecule has 1 aliphatic rings. The van der Waals surface area contributed by atoms with Crippen molar-refractivity contribution in [1.82, 2.24) is 4.31 Å². The molecule has 66 valence electrons. The molecule has 11 heavy (non-hydrogen) atoms. The van der Waals surface area contributed by atoms with Gasteiger partial charge in [0.2, 0.25) is 0 Å². The fourth-order valence-electron chi connectivity index (χ4n) is 0.861. The molecule has 0 bridgehead atoms. The normalized spacial score (nSPS) is 20.2. The van der Waals surface area contributed by atoms with Crippen molar-refractivity contribution in [2.75, 3.05) is 19.3 Å². The second-order valence-corrected chi connectivity index (χ2v) is 3.66. The Hall–Kier alpha value is -0.150. The van der Waals surface area contributed by atoms with Gasteiger partial charge in [-0.25, -0.2) is 8.51 Å². The molecule has 1 heterocycles. The van der Waals surface area contributed by atoms with Crippen LogP contribution < -0.4 is 0 Å². The van der Waals surface area contributed by atoms with Crippen molar-refractivity contribution in [3.8, 4) is 0 Å². The van der Waals surface area contributed by atoms with E-state index in [9.17, 15) is 4.21 Å². The lowest BCUT2D eigenvalue weighted by Gasteiger charge is -2.09. The van der Waals surface area contributed by atoms with Crippen molar-refractivity contribution >= 4 is 11.0 Å². The summed E-state index contributed by atoms with van der Waals surface area (Å²) >= 11 is 0. The molecule has 3 heteroatoms. The maximum atomic E-state index is 10.8. The lowest BCUT2D eigenvalue weighted by Crippen LogP contribution is -2.21. The Morgan fingerprint density at radius 2 is 2.09 bits per heavy atom. The maximum absolute atomic E-state index is 10.8. The minimum Gasteiger partial charge on any atom is -0.243 e. The maximum Gasteiger partial charge on any atom is 0.0916 e. The number of nitrogens with zero attached hydrogens (tertiary/aromatic N) is 1. The summed E-state index contributed by atoms with van der Waals surface area (Å²) < 4.78 is 12.7. The van der Waals surface area contributed by atoms with Gasteiger partial charge in [0.05, 0.1) is 11.0 Å². The molecular formula is C8H17NOS. The largest absolute Gasteiger partial charge is 0.243 e. The lowest BCUT2D eigenvalue weighted by molar-refractivity contribution is 0.551. The highest BCUT2D eigenvalue weighted by molar-refractivity contribution is 7.81. The predicted octanol–water partition coefficient (Wildman–Crippen LogP) is 1.57. The number of hydrogen-bond acceptors (Lipinski definition) is 1. The first-order chi connectivity index (χ1) is 5.20. The van der Waals surface area contributed by atoms with Crippen LogP contribution in [0.15, 0.2) is 11.6 Å². The van der Waals surface area contributed by atoms with Crippen molar-refractivity contribution in [2.45, 2.75) is 20.8 Å². The molecule has 0 aromatic rings. The molecule has 1 atom stereocenters. The van der Waals surface area contributed by atoms with Crippen LogP contribution in [-0.4, -0.2) is 27.9 Å². The highest BCUT2D eigenvalue weighted by atomic mass is 32.2. The van der Waals surface area contributed by atoms with Gasteiger partial charge in [-0.15, -0.1) is 0 Å². The van der Waals surface area contributed by atoms with E-state index in [4.69, 9.17) is 0 Å². The van der Waals surface area contributed by atoms with E-state index >= 15 is 0 Å². The first kappa shape index (κ1) is 10.8. The molecule has 0 aliphatic carbocycles. The van der Waals surface area contributed by atoms with Crippen molar-refractivity contribution < 1.29 is 4.21 Å². The van der Waals surface area contributed by atoms with Crippen molar-refractivity contribution in [2.24, 2.45) is 0 Å². The first-order valence-corrected chi connectivity index (χ1v) is 5.46. The Kier molecular flexibility index (Phi) is 5.42. The van der Waals surface area contributed by atoms with Crippen LogP contribution in [0.2, 0.25) is 0 Å². The SMILES string of the molecule is CC.CC1=CCN(S(C)=O)C1. The third kappa shape index (κ3) is 3.68. The van der Waals surface area contributed by atoms with Gasteiger partial charge in [0.15, 0.2) is 0 Å². The van der Waals surface area contributed by atoms with Crippen molar-refractivity contribution in [3.63, 3.8) is 0 Å². The smallest absolute Gasteiger partial charge is 0.0916 e. The summed E-state index contributed by atoms with van der Waals surface area (Å²) in [4.78, 5) is 0. The molecular weight excluding hydrogens is 158 g/mol. The van der Waals surface area contributed by atoms with Crippen LogP contribution in [0.1, 0.15) is 20.8 Å². The molecule has 0 aromatic carbocycles. The minimum absolute atomic E-state index is 0.780. The number of hydrogen-bond donors (Lipinski definition) is 0. The van der Waals surface area contributed by atoms with E-state index in [1.807, 2.05) is 18.2 Å². The van der Waals surface area contributed by atoms with Gasteiger partial charge in [-0.3, -0.25) is 0 Å². The Balaban J connectivity index is 0.000000461. The quantitative estimate of drug-likeness (QED) is 0.554. The molecule has 0 radical (unpaired) electrons. The monoisotopic (exact) mass is 175 g/mol. The zero-order valence-electron chi connectivity index (χ0n) is 7.76. The van der Waals surface area contributed by atoms with Crippen molar-refractivity contribution in [1.29, 1.82) is 0 Å². The second-order valence-electron chi connectivity index (χ2n) is 2.30. The Labute approximate surface area is 71.9 Å². The highest BCUT2D eigenvalue weighted by Gasteiger charge is 2.12. The fourth-order valence-corrected chi connectivity index (χ4v) is 1.53. The van der Waals surface area contributed by atoms with E-state index in [1.165, 1.54) is 5.57 Å². The van der Waals surface area contributed by atoms with Gasteiger partial charge in [-0.05, 0) is 6.92 Å². The Morgan fingerprint density at radius 3 is 2.27 bits per heavy atom. The molecule has 0 saturated carbocycles. The van der Waals surface area contributed by atoms with E-state index in [1.54, 1.807) is 6.26 Å². The van der Waals surface area contributed by atoms with E-state index < -0.39 is 11.0 Å². The average Bonchev–Trinajstić information content (AvgIpc) is 2.40. The Bertz CT molecular complexity index is 165. The first-order valence-electron chi connectivity index (χ1n) is 3.94. The van der Waals surface area contributed by atoms with Crippen LogP contribution >= 0.6 is 0 Å². The van der Waals surface area contributed by atoms with E-state index in [0.717, 1.165) is 13.1 Å². The van der Waals surface area contributed by atoms with Crippen LogP contribution in [0.25, 0.3) is 0 Å². The van der Waals surface area contributed by atoms with Crippen LogP contribution in [0.3, 0.4) is 0 Å². The molecule has 0 amide bonds. The highest BCUT2D eigenvalue weighted by Crippen LogP contribution is 2.08. The Morgan fingerprint density at radius 1 is 1.55 bits per heavy atom. The van der Waals surface area contributed by atoms with E-state index in [2.05, 4.69) is 13.0 Å². The molecule has 0 N–H and O–H groups in total. The average molecular weight is 175 g/mol. The zero-order chi connectivity index (χ0) is 8.85. The molecule has 0 saturated heterocycles. The van der Waals surface area contributed by atoms with Gasteiger partial charge in [0, 0.05) is 19.3 Å². The van der Waals surface area contributed by atoms with Gasteiger partial charge >= 0.3 is 0 Å². The van der Waals surface area contributed by atoms with Crippen LogP contribution in [0, 0.1) is 0 Å². The summed E-state index contributed by atoms with van der Waals surface area (Å²) in [5, 5.41) is 0. The van der Waals surface area contributed by atoms with Gasteiger partial charge in [0.25, 0.3) is 0 Å². The lowest BCUT2D eigenvalue weighted by atomic mass is 10.3. The summed E-state index contributed by atoms with van der Waals surface area (Å²) in [5.74, 6) is 0. The molecule has 1 rings (SSSR count). The van der Waals surface area contributed by atoms with Crippen LogP contribution in [0.5, 0.6) is 0 Å². The van der Waals surface area contributed by atoms with E-state index in [-0.39, 0.29) is 0 Å². The zero-order valence-corrected chi connectivity index (χ0v) is 8.57. The fraction of sp³-hybridized carbons (Fsp3) is 0.750. The molecule has 0 spiro atoms. The summed E-state index contributed by atoms with van der Waals surface area (Å²) in [6, 6.07) is 0. The number of rotatable bonds is 1. The second kappa shape index (κ2) is 5.49. The summed E-state index contributed by atoms with van der Waals surface area (Å²) in [5.41, 5.74) is 1.32. The molecule has 1 aliphatic heterocycles. The topological polar surface area (TPSA) is 20.3 Å². The van der Waals surface area contributed by atoms with Gasteiger partial charge in [0.1, 0.15) is 0 Å². The molecule has 2 nitrogen and oxygen atoms in total. The van der Waals surface area contributed by atoms with Gasteiger partial charge < -0.3 is 0 Å². The predicted molar refractivity (Wildman–Crippen MR) is 50.7 cm³/mol. The van der Waals surface area contributed by atoms with Gasteiger partial charge in [-0.1, -0.05) is 25.5 Å². The van der Waals surface area contributed by atoms with Gasteiger partial charge in [-0.2, -0.15) is 0 Å². The molecule has 0 fully saturated rings. The van der Waals surface area contributed by atoms with Crippen LogP contribution in [0.4, 0.5) is 0 Å². The minimum atomic E-state index is -0.780. The van der Waals surface area contributed by atoms with Crippen LogP contribution in [-0.2, 0) is 11.0 Å². The third-order valence-corrected chi connectivity index (χ3v) is 2.44. The van der Waals surface area contributed by atoms with E-state index in [0.29, 0.717) is 0 Å². The standard InChI is InChI=1S/C6H11NOS.C2H6/c1-6-3-4-7(5-6)9(2)8;1-2/h3H,4-5H2,1-2H3;1-2H3. The summed E-state index contributed by atoms with van der Waals surface area (Å²) in [7, 11) is -0.780. The summed E-state index contributed by atoms with van der Waals surface area (Å²) in [6.07, 6.45) is 3.83. The summed E-state index contributed by atoms with van der Waals surface area (Å²) in [6.45, 7) is 7.80. The van der Waals surface area contributed by atoms with Crippen molar-refractivity contribution in [3.05, 3.63) is 11.6 Å². The molecule has 0 aromatic heterocycles. The molecule has 1 unspecified atom stereocenters.